The van der Waals surface area contributed by atoms with E-state index >= 15 is 0 Å². The van der Waals surface area contributed by atoms with E-state index in [0.717, 1.165) is 0 Å². The molecule has 4 heteroatoms. The van der Waals surface area contributed by atoms with Crippen LogP contribution in [0, 0.1) is 5.82 Å². The molecule has 0 aliphatic carbocycles. The fraction of sp³-hybridized carbons (Fsp3) is 0.333. The minimum Gasteiger partial charge on any atom is -0.542 e. The van der Waals surface area contributed by atoms with Crippen LogP contribution in [0.5, 0.6) is 5.75 Å². The highest BCUT2D eigenvalue weighted by Crippen LogP contribution is 2.22. The summed E-state index contributed by atoms with van der Waals surface area (Å²) < 4.78 is 18.7. The van der Waals surface area contributed by atoms with Gasteiger partial charge in [-0.1, -0.05) is 0 Å². The molecule has 0 saturated carbocycles. The minimum absolute atomic E-state index is 0.299. The second-order valence-corrected chi connectivity index (χ2v) is 8.33. The first kappa shape index (κ1) is 10.1. The maximum Gasteiger partial charge on any atom is 0.242 e. The Balaban J connectivity index is 2.90. The number of rotatable bonds is 2. The summed E-state index contributed by atoms with van der Waals surface area (Å²) in [5.74, 6) is -0.0872. The lowest BCUT2D eigenvalue weighted by molar-refractivity contribution is 0.496. The highest BCUT2D eigenvalue weighted by atomic mass is 28.4. The molecule has 0 radical (unpaired) electrons. The zero-order valence-electron chi connectivity index (χ0n) is 8.10. The Kier molecular flexibility index (Phi) is 2.61. The Morgan fingerprint density at radius 1 is 1.31 bits per heavy atom. The van der Waals surface area contributed by atoms with Crippen molar-refractivity contribution in [2.45, 2.75) is 19.6 Å². The highest BCUT2D eigenvalue weighted by molar-refractivity contribution is 6.70. The molecule has 72 valence electrons. The van der Waals surface area contributed by atoms with Gasteiger partial charge in [-0.3, -0.25) is 0 Å². The van der Waals surface area contributed by atoms with Gasteiger partial charge in [-0.25, -0.2) is 4.39 Å². The van der Waals surface area contributed by atoms with Gasteiger partial charge in [-0.05, 0) is 31.8 Å². The van der Waals surface area contributed by atoms with Crippen LogP contribution in [0.4, 0.5) is 10.1 Å². The molecule has 0 bridgehead atoms. The smallest absolute Gasteiger partial charge is 0.242 e. The largest absolute Gasteiger partial charge is 0.542 e. The molecule has 0 aliphatic heterocycles. The number of nitrogen functional groups attached to an aromatic ring is 1. The van der Waals surface area contributed by atoms with Crippen molar-refractivity contribution in [3.63, 3.8) is 0 Å². The molecule has 0 aliphatic rings. The van der Waals surface area contributed by atoms with E-state index in [9.17, 15) is 4.39 Å². The van der Waals surface area contributed by atoms with E-state index in [1.54, 1.807) is 12.1 Å². The molecule has 1 rings (SSSR count). The molecule has 13 heavy (non-hydrogen) atoms. The number of hydrogen-bond donors (Lipinski definition) is 1. The molecule has 0 fully saturated rings. The first-order valence-corrected chi connectivity index (χ1v) is 7.53. The predicted octanol–water partition coefficient (Wildman–Crippen LogP) is 2.62. The maximum absolute atomic E-state index is 13.2. The van der Waals surface area contributed by atoms with Crippen molar-refractivity contribution in [3.8, 4) is 5.75 Å². The van der Waals surface area contributed by atoms with Gasteiger partial charge in [0.1, 0.15) is 5.75 Å². The first-order valence-electron chi connectivity index (χ1n) is 4.12. The quantitative estimate of drug-likeness (QED) is 0.587. The van der Waals surface area contributed by atoms with E-state index < -0.39 is 8.32 Å². The first-order chi connectivity index (χ1) is 5.88. The molecular formula is C9H14FNOSi. The number of halogens is 1. The lowest BCUT2D eigenvalue weighted by Crippen LogP contribution is -2.29. The van der Waals surface area contributed by atoms with Gasteiger partial charge < -0.3 is 10.2 Å². The maximum atomic E-state index is 13.2. The van der Waals surface area contributed by atoms with Crippen LogP contribution in [-0.4, -0.2) is 8.32 Å². The summed E-state index contributed by atoms with van der Waals surface area (Å²) in [5.41, 5.74) is 5.82. The third-order valence-corrected chi connectivity index (χ3v) is 2.20. The number of benzene rings is 1. The van der Waals surface area contributed by atoms with E-state index in [1.807, 2.05) is 19.6 Å². The van der Waals surface area contributed by atoms with E-state index in [1.165, 1.54) is 6.07 Å². The summed E-state index contributed by atoms with van der Waals surface area (Å²) in [4.78, 5) is 0. The van der Waals surface area contributed by atoms with Crippen molar-refractivity contribution in [2.24, 2.45) is 0 Å². The van der Waals surface area contributed by atoms with Crippen molar-refractivity contribution in [2.75, 3.05) is 5.73 Å². The van der Waals surface area contributed by atoms with Crippen LogP contribution in [-0.2, 0) is 0 Å². The lowest BCUT2D eigenvalue weighted by Gasteiger charge is -2.19. The monoisotopic (exact) mass is 199 g/mol. The van der Waals surface area contributed by atoms with E-state index in [0.29, 0.717) is 11.4 Å². The second-order valence-electron chi connectivity index (χ2n) is 3.90. The normalized spacial score (nSPS) is 11.4. The molecular weight excluding hydrogens is 185 g/mol. The number of hydrogen-bond acceptors (Lipinski definition) is 2. The van der Waals surface area contributed by atoms with Crippen LogP contribution in [0.15, 0.2) is 18.2 Å². The molecule has 2 nitrogen and oxygen atoms in total. The molecule has 0 spiro atoms. The summed E-state index contributed by atoms with van der Waals surface area (Å²) in [6.07, 6.45) is 0. The number of nitrogens with two attached hydrogens (primary N) is 1. The topological polar surface area (TPSA) is 35.2 Å². The second kappa shape index (κ2) is 3.37. The van der Waals surface area contributed by atoms with Crippen molar-refractivity contribution in [1.82, 2.24) is 0 Å². The Morgan fingerprint density at radius 2 is 1.92 bits per heavy atom. The average Bonchev–Trinajstić information content (AvgIpc) is 1.93. The molecule has 2 N–H and O–H groups in total. The summed E-state index contributed by atoms with van der Waals surface area (Å²) in [5, 5.41) is 0. The summed E-state index contributed by atoms with van der Waals surface area (Å²) in [7, 11) is -1.73. The lowest BCUT2D eigenvalue weighted by atomic mass is 10.3. The zero-order chi connectivity index (χ0) is 10.1. The Bertz CT molecular complexity index is 309. The fourth-order valence-electron chi connectivity index (χ4n) is 0.930. The summed E-state index contributed by atoms with van der Waals surface area (Å²) in [6, 6.07) is 4.48. The van der Waals surface area contributed by atoms with Gasteiger partial charge in [0.15, 0.2) is 5.82 Å². The van der Waals surface area contributed by atoms with Gasteiger partial charge in [-0.15, -0.1) is 0 Å². The molecule has 1 aromatic rings. The Morgan fingerprint density at radius 3 is 2.38 bits per heavy atom. The van der Waals surface area contributed by atoms with Crippen molar-refractivity contribution >= 4 is 14.0 Å². The van der Waals surface area contributed by atoms with Gasteiger partial charge in [0.25, 0.3) is 0 Å². The van der Waals surface area contributed by atoms with Gasteiger partial charge >= 0.3 is 0 Å². The summed E-state index contributed by atoms with van der Waals surface area (Å²) in [6.45, 7) is 6.01. The van der Waals surface area contributed by atoms with E-state index in [2.05, 4.69) is 0 Å². The zero-order valence-corrected chi connectivity index (χ0v) is 9.10. The Labute approximate surface area is 78.6 Å². The van der Waals surface area contributed by atoms with Crippen LogP contribution in [0.25, 0.3) is 0 Å². The molecule has 0 heterocycles. The van der Waals surface area contributed by atoms with Crippen LogP contribution in [0.1, 0.15) is 0 Å². The van der Waals surface area contributed by atoms with Gasteiger partial charge in [-0.2, -0.15) is 0 Å². The third-order valence-electron chi connectivity index (χ3n) is 1.37. The van der Waals surface area contributed by atoms with Gasteiger partial charge in [0.2, 0.25) is 8.32 Å². The van der Waals surface area contributed by atoms with E-state index in [4.69, 9.17) is 10.2 Å². The predicted molar refractivity (Wildman–Crippen MR) is 54.8 cm³/mol. The van der Waals surface area contributed by atoms with E-state index in [-0.39, 0.29) is 5.82 Å². The molecule has 0 saturated heterocycles. The SMILES string of the molecule is C[Si](C)(C)Oc1ccc(N)cc1F. The minimum atomic E-state index is -1.73. The highest BCUT2D eigenvalue weighted by Gasteiger charge is 2.18. The molecule has 0 unspecified atom stereocenters. The van der Waals surface area contributed by atoms with Crippen LogP contribution < -0.4 is 10.2 Å². The third kappa shape index (κ3) is 3.06. The average molecular weight is 199 g/mol. The molecule has 0 aromatic heterocycles. The van der Waals surface area contributed by atoms with Crippen LogP contribution >= 0.6 is 0 Å². The van der Waals surface area contributed by atoms with Crippen LogP contribution in [0.2, 0.25) is 19.6 Å². The molecule has 0 amide bonds. The molecule has 1 aromatic carbocycles. The van der Waals surface area contributed by atoms with Crippen molar-refractivity contribution in [3.05, 3.63) is 24.0 Å². The fourth-order valence-corrected chi connectivity index (χ4v) is 1.76. The standard InChI is InChI=1S/C9H14FNOSi/c1-13(2,3)12-9-5-4-7(11)6-8(9)10/h4-6H,11H2,1-3H3. The molecule has 0 atom stereocenters. The number of anilines is 1. The van der Waals surface area contributed by atoms with Crippen molar-refractivity contribution < 1.29 is 8.82 Å². The van der Waals surface area contributed by atoms with Crippen molar-refractivity contribution in [1.29, 1.82) is 0 Å². The van der Waals surface area contributed by atoms with Gasteiger partial charge in [0, 0.05) is 11.8 Å². The summed E-state index contributed by atoms with van der Waals surface area (Å²) >= 11 is 0. The Hall–Kier alpha value is -1.03. The van der Waals surface area contributed by atoms with Gasteiger partial charge in [0.05, 0.1) is 0 Å². The van der Waals surface area contributed by atoms with Crippen LogP contribution in [0.3, 0.4) is 0 Å².